The Bertz CT molecular complexity index is 295. The third-order valence-electron chi connectivity index (χ3n) is 5.23. The van der Waals surface area contributed by atoms with Gasteiger partial charge in [0.1, 0.15) is 0 Å². The van der Waals surface area contributed by atoms with Crippen molar-refractivity contribution >= 4 is 5.91 Å². The zero-order valence-electron chi connectivity index (χ0n) is 13.2. The third-order valence-corrected chi connectivity index (χ3v) is 5.23. The maximum atomic E-state index is 12.5. The minimum absolute atomic E-state index is 0.415. The summed E-state index contributed by atoms with van der Waals surface area (Å²) in [6.45, 7) is 3.22. The van der Waals surface area contributed by atoms with Crippen LogP contribution in [0.3, 0.4) is 0 Å². The predicted molar refractivity (Wildman–Crippen MR) is 83.4 cm³/mol. The number of piperidine rings is 1. The Morgan fingerprint density at radius 3 is 2.55 bits per heavy atom. The summed E-state index contributed by atoms with van der Waals surface area (Å²) < 4.78 is 0. The molecule has 0 bridgehead atoms. The van der Waals surface area contributed by atoms with Crippen molar-refractivity contribution in [1.29, 1.82) is 0 Å². The van der Waals surface area contributed by atoms with Gasteiger partial charge in [-0.1, -0.05) is 13.3 Å². The van der Waals surface area contributed by atoms with Gasteiger partial charge in [-0.2, -0.15) is 0 Å². The van der Waals surface area contributed by atoms with Crippen molar-refractivity contribution < 1.29 is 4.79 Å². The summed E-state index contributed by atoms with van der Waals surface area (Å²) in [5.41, 5.74) is 5.95. The molecule has 1 heterocycles. The summed E-state index contributed by atoms with van der Waals surface area (Å²) in [4.78, 5) is 14.7. The molecule has 1 unspecified atom stereocenters. The molecular formula is C17H32N2O. The lowest BCUT2D eigenvalue weighted by Gasteiger charge is -2.36. The first-order chi connectivity index (χ1) is 9.70. The summed E-state index contributed by atoms with van der Waals surface area (Å²) in [6, 6.07) is 0.944. The van der Waals surface area contributed by atoms with Gasteiger partial charge in [-0.15, -0.1) is 0 Å². The second-order valence-electron chi connectivity index (χ2n) is 6.84. The van der Waals surface area contributed by atoms with Crippen molar-refractivity contribution in [1.82, 2.24) is 4.90 Å². The van der Waals surface area contributed by atoms with E-state index in [2.05, 4.69) is 11.8 Å². The highest BCUT2D eigenvalue weighted by molar-refractivity contribution is 5.76. The number of carbonyl (C=O) groups is 1. The first kappa shape index (κ1) is 15.8. The van der Waals surface area contributed by atoms with Crippen LogP contribution in [0.2, 0.25) is 0 Å². The first-order valence-electron chi connectivity index (χ1n) is 8.75. The van der Waals surface area contributed by atoms with Gasteiger partial charge in [0.25, 0.3) is 0 Å². The van der Waals surface area contributed by atoms with E-state index in [0.717, 1.165) is 38.1 Å². The SMILES string of the molecule is CCCC1CCCCN1C(=O)CCC1CCC(N)CC1. The molecule has 2 fully saturated rings. The maximum absolute atomic E-state index is 12.5. The van der Waals surface area contributed by atoms with Crippen LogP contribution in [0, 0.1) is 5.92 Å². The van der Waals surface area contributed by atoms with Crippen molar-refractivity contribution in [3.8, 4) is 0 Å². The lowest BCUT2D eigenvalue weighted by Crippen LogP contribution is -2.43. The molecule has 0 spiro atoms. The van der Waals surface area contributed by atoms with E-state index >= 15 is 0 Å². The molecule has 1 aliphatic carbocycles. The molecule has 2 N–H and O–H groups in total. The zero-order valence-corrected chi connectivity index (χ0v) is 13.2. The van der Waals surface area contributed by atoms with E-state index in [9.17, 15) is 4.79 Å². The Morgan fingerprint density at radius 2 is 1.85 bits per heavy atom. The predicted octanol–water partition coefficient (Wildman–Crippen LogP) is 3.47. The Labute approximate surface area is 124 Å². The van der Waals surface area contributed by atoms with Gasteiger partial charge in [0, 0.05) is 25.0 Å². The Morgan fingerprint density at radius 1 is 1.10 bits per heavy atom. The Kier molecular flexibility index (Phi) is 6.34. The molecule has 20 heavy (non-hydrogen) atoms. The number of hydrogen-bond acceptors (Lipinski definition) is 2. The van der Waals surface area contributed by atoms with Crippen LogP contribution in [0.5, 0.6) is 0 Å². The summed E-state index contributed by atoms with van der Waals surface area (Å²) in [7, 11) is 0. The first-order valence-corrected chi connectivity index (χ1v) is 8.75. The highest BCUT2D eigenvalue weighted by Crippen LogP contribution is 2.28. The van der Waals surface area contributed by atoms with E-state index in [0.29, 0.717) is 18.0 Å². The van der Waals surface area contributed by atoms with Gasteiger partial charge >= 0.3 is 0 Å². The lowest BCUT2D eigenvalue weighted by atomic mass is 9.83. The standard InChI is InChI=1S/C17H32N2O/c1-2-5-16-6-3-4-13-19(16)17(20)12-9-14-7-10-15(18)11-8-14/h14-16H,2-13,18H2,1H3. The molecule has 0 radical (unpaired) electrons. The summed E-state index contributed by atoms with van der Waals surface area (Å²) in [6.07, 6.45) is 12.7. The van der Waals surface area contributed by atoms with E-state index in [-0.39, 0.29) is 0 Å². The number of nitrogens with zero attached hydrogens (tertiary/aromatic N) is 1. The van der Waals surface area contributed by atoms with Crippen LogP contribution in [-0.2, 0) is 4.79 Å². The van der Waals surface area contributed by atoms with Crippen molar-refractivity contribution in [3.63, 3.8) is 0 Å². The number of amides is 1. The molecule has 1 saturated heterocycles. The molecule has 1 aliphatic heterocycles. The van der Waals surface area contributed by atoms with Crippen LogP contribution in [0.25, 0.3) is 0 Å². The van der Waals surface area contributed by atoms with Gasteiger partial charge in [-0.25, -0.2) is 0 Å². The lowest BCUT2D eigenvalue weighted by molar-refractivity contribution is -0.135. The highest BCUT2D eigenvalue weighted by atomic mass is 16.2. The number of rotatable bonds is 5. The van der Waals surface area contributed by atoms with Gasteiger partial charge in [0.05, 0.1) is 0 Å². The fourth-order valence-corrected chi connectivity index (χ4v) is 3.91. The topological polar surface area (TPSA) is 46.3 Å². The number of carbonyl (C=O) groups excluding carboxylic acids is 1. The van der Waals surface area contributed by atoms with E-state index in [4.69, 9.17) is 5.73 Å². The fourth-order valence-electron chi connectivity index (χ4n) is 3.91. The third kappa shape index (κ3) is 4.47. The molecular weight excluding hydrogens is 248 g/mol. The largest absolute Gasteiger partial charge is 0.340 e. The minimum atomic E-state index is 0.415. The van der Waals surface area contributed by atoms with Crippen LogP contribution < -0.4 is 5.73 Å². The quantitative estimate of drug-likeness (QED) is 0.838. The van der Waals surface area contributed by atoms with E-state index in [1.54, 1.807) is 0 Å². The van der Waals surface area contributed by atoms with E-state index in [1.807, 2.05) is 0 Å². The van der Waals surface area contributed by atoms with Gasteiger partial charge in [-0.3, -0.25) is 4.79 Å². The number of hydrogen-bond donors (Lipinski definition) is 1. The van der Waals surface area contributed by atoms with Crippen LogP contribution in [-0.4, -0.2) is 29.4 Å². The molecule has 0 aromatic heterocycles. The molecule has 2 rings (SSSR count). The molecule has 1 saturated carbocycles. The van der Waals surface area contributed by atoms with Crippen molar-refractivity contribution in [2.24, 2.45) is 11.7 Å². The van der Waals surface area contributed by atoms with Crippen LogP contribution in [0.4, 0.5) is 0 Å². The molecule has 1 atom stereocenters. The average Bonchev–Trinajstić information content (AvgIpc) is 2.47. The molecule has 3 nitrogen and oxygen atoms in total. The summed E-state index contributed by atoms with van der Waals surface area (Å²) >= 11 is 0. The van der Waals surface area contributed by atoms with Crippen LogP contribution in [0.15, 0.2) is 0 Å². The highest BCUT2D eigenvalue weighted by Gasteiger charge is 2.26. The minimum Gasteiger partial charge on any atom is -0.340 e. The Hall–Kier alpha value is -0.570. The van der Waals surface area contributed by atoms with Crippen molar-refractivity contribution in [3.05, 3.63) is 0 Å². The molecule has 0 aromatic carbocycles. The average molecular weight is 280 g/mol. The van der Waals surface area contributed by atoms with Gasteiger partial charge < -0.3 is 10.6 Å². The normalized spacial score (nSPS) is 31.3. The van der Waals surface area contributed by atoms with Crippen LogP contribution in [0.1, 0.15) is 77.6 Å². The molecule has 2 aliphatic rings. The molecule has 1 amide bonds. The maximum Gasteiger partial charge on any atom is 0.222 e. The van der Waals surface area contributed by atoms with E-state index < -0.39 is 0 Å². The van der Waals surface area contributed by atoms with Gasteiger partial charge in [-0.05, 0) is 63.7 Å². The smallest absolute Gasteiger partial charge is 0.222 e. The van der Waals surface area contributed by atoms with Gasteiger partial charge in [0.2, 0.25) is 5.91 Å². The zero-order chi connectivity index (χ0) is 14.4. The van der Waals surface area contributed by atoms with Crippen LogP contribution >= 0.6 is 0 Å². The second-order valence-corrected chi connectivity index (χ2v) is 6.84. The second kappa shape index (κ2) is 8.02. The molecule has 0 aromatic rings. The summed E-state index contributed by atoms with van der Waals surface area (Å²) in [5.74, 6) is 1.16. The summed E-state index contributed by atoms with van der Waals surface area (Å²) in [5, 5.41) is 0. The molecule has 116 valence electrons. The number of nitrogens with two attached hydrogens (primary N) is 1. The fraction of sp³-hybridized carbons (Fsp3) is 0.941. The Balaban J connectivity index is 1.75. The van der Waals surface area contributed by atoms with E-state index in [1.165, 1.54) is 44.9 Å². The molecule has 3 heteroatoms. The van der Waals surface area contributed by atoms with Gasteiger partial charge in [0.15, 0.2) is 0 Å². The number of likely N-dealkylation sites (tertiary alicyclic amines) is 1. The van der Waals surface area contributed by atoms with Crippen molar-refractivity contribution in [2.45, 2.75) is 89.6 Å². The monoisotopic (exact) mass is 280 g/mol. The van der Waals surface area contributed by atoms with Crippen molar-refractivity contribution in [2.75, 3.05) is 6.54 Å².